The van der Waals surface area contributed by atoms with E-state index in [9.17, 15) is 9.59 Å². The Bertz CT molecular complexity index is 952. The minimum Gasteiger partial charge on any atom is -0.467 e. The van der Waals surface area contributed by atoms with Gasteiger partial charge in [0.2, 0.25) is 0 Å². The Labute approximate surface area is 167 Å². The third kappa shape index (κ3) is 4.61. The Morgan fingerprint density at radius 1 is 1.25 bits per heavy atom. The molecule has 0 radical (unpaired) electrons. The van der Waals surface area contributed by atoms with Crippen molar-refractivity contribution < 1.29 is 18.7 Å². The maximum absolute atomic E-state index is 12.4. The van der Waals surface area contributed by atoms with Gasteiger partial charge in [-0.15, -0.1) is 0 Å². The lowest BCUT2D eigenvalue weighted by molar-refractivity contribution is -0.125. The Balaban J connectivity index is 1.60. The number of ether oxygens (including phenoxy) is 1. The second-order valence-electron chi connectivity index (χ2n) is 6.28. The van der Waals surface area contributed by atoms with Crippen molar-refractivity contribution in [2.24, 2.45) is 0 Å². The zero-order valence-electron chi connectivity index (χ0n) is 15.5. The first kappa shape index (κ1) is 19.7. The molecule has 0 unspecified atom stereocenters. The zero-order chi connectivity index (χ0) is 20.1. The minimum atomic E-state index is -0.692. The van der Waals surface area contributed by atoms with Crippen LogP contribution in [0.5, 0.6) is 0 Å². The van der Waals surface area contributed by atoms with Crippen LogP contribution >= 0.6 is 11.6 Å². The number of nitrogens with one attached hydrogen (secondary N) is 1. The smallest absolute Gasteiger partial charge is 0.343 e. The normalized spacial score (nSPS) is 11.8. The average Bonchev–Trinajstić information content (AvgIpc) is 3.30. The van der Waals surface area contributed by atoms with Crippen molar-refractivity contribution >= 4 is 23.5 Å². The van der Waals surface area contributed by atoms with Crippen LogP contribution in [0.15, 0.2) is 53.1 Å². The van der Waals surface area contributed by atoms with Gasteiger partial charge in [-0.05, 0) is 31.5 Å². The first-order valence-electron chi connectivity index (χ1n) is 8.72. The quantitative estimate of drug-likeness (QED) is 0.612. The number of aromatic nitrogens is 2. The zero-order valence-corrected chi connectivity index (χ0v) is 16.3. The number of hydrogen-bond donors (Lipinski definition) is 1. The molecule has 0 saturated carbocycles. The van der Waals surface area contributed by atoms with E-state index in [1.165, 1.54) is 10.9 Å². The van der Waals surface area contributed by atoms with E-state index in [2.05, 4.69) is 10.4 Å². The van der Waals surface area contributed by atoms with Crippen molar-refractivity contribution in [3.05, 3.63) is 76.5 Å². The van der Waals surface area contributed by atoms with Gasteiger partial charge in [-0.2, -0.15) is 5.10 Å². The summed E-state index contributed by atoms with van der Waals surface area (Å²) < 4.78 is 11.9. The maximum atomic E-state index is 12.4. The summed E-state index contributed by atoms with van der Waals surface area (Å²) in [5.41, 5.74) is 1.60. The lowest BCUT2D eigenvalue weighted by atomic mass is 10.2. The molecule has 3 aromatic rings. The Morgan fingerprint density at radius 3 is 2.68 bits per heavy atom. The number of nitrogens with zero attached hydrogens (tertiary/aromatic N) is 2. The van der Waals surface area contributed by atoms with Crippen molar-refractivity contribution in [3.8, 4) is 0 Å². The predicted molar refractivity (Wildman–Crippen MR) is 103 cm³/mol. The summed E-state index contributed by atoms with van der Waals surface area (Å²) in [6, 6.07) is 12.8. The van der Waals surface area contributed by atoms with E-state index >= 15 is 0 Å². The van der Waals surface area contributed by atoms with E-state index < -0.39 is 18.5 Å². The highest BCUT2D eigenvalue weighted by Crippen LogP contribution is 2.22. The van der Waals surface area contributed by atoms with Gasteiger partial charge in [0.05, 0.1) is 24.5 Å². The second kappa shape index (κ2) is 8.75. The number of esters is 1. The van der Waals surface area contributed by atoms with Crippen LogP contribution in [0.4, 0.5) is 0 Å². The van der Waals surface area contributed by atoms with Gasteiger partial charge in [-0.3, -0.25) is 4.79 Å². The fraction of sp³-hybridized carbons (Fsp3) is 0.250. The van der Waals surface area contributed by atoms with E-state index in [0.717, 1.165) is 5.56 Å². The molecule has 2 heterocycles. The summed E-state index contributed by atoms with van der Waals surface area (Å²) in [7, 11) is 0. The number of furan rings is 1. The summed E-state index contributed by atoms with van der Waals surface area (Å²) in [5, 5.41) is 7.18. The Morgan fingerprint density at radius 2 is 2.00 bits per heavy atom. The highest BCUT2D eigenvalue weighted by molar-refractivity contribution is 6.32. The van der Waals surface area contributed by atoms with Gasteiger partial charge < -0.3 is 14.5 Å². The van der Waals surface area contributed by atoms with Gasteiger partial charge >= 0.3 is 5.97 Å². The van der Waals surface area contributed by atoms with Crippen LogP contribution < -0.4 is 5.32 Å². The van der Waals surface area contributed by atoms with Gasteiger partial charge in [0.25, 0.3) is 5.91 Å². The lowest BCUT2D eigenvalue weighted by Crippen LogP contribution is -2.31. The van der Waals surface area contributed by atoms with Crippen molar-refractivity contribution in [3.63, 3.8) is 0 Å². The number of aryl methyl sites for hydroxylation is 1. The molecular formula is C20H20ClN3O4. The first-order valence-corrected chi connectivity index (χ1v) is 9.10. The van der Waals surface area contributed by atoms with E-state index in [-0.39, 0.29) is 16.8 Å². The Hall–Kier alpha value is -3.06. The molecule has 0 fully saturated rings. The molecule has 3 rings (SSSR count). The molecule has 0 bridgehead atoms. The van der Waals surface area contributed by atoms with E-state index in [1.54, 1.807) is 26.0 Å². The fourth-order valence-corrected chi connectivity index (χ4v) is 3.05. The largest absolute Gasteiger partial charge is 0.467 e. The van der Waals surface area contributed by atoms with E-state index in [1.807, 2.05) is 30.3 Å². The van der Waals surface area contributed by atoms with Crippen LogP contribution in [-0.4, -0.2) is 28.3 Å². The van der Waals surface area contributed by atoms with Gasteiger partial charge in [0.15, 0.2) is 6.61 Å². The molecular weight excluding hydrogens is 382 g/mol. The third-order valence-electron chi connectivity index (χ3n) is 4.13. The highest BCUT2D eigenvalue weighted by atomic mass is 35.5. The molecule has 2 aromatic heterocycles. The Kier molecular flexibility index (Phi) is 6.16. The standard InChI is InChI=1S/C20H20ClN3O4/c1-13(16-9-6-10-27-16)22-17(25)12-28-20(26)18-14(2)23-24(19(18)21)11-15-7-4-3-5-8-15/h3-10,13H,11-12H2,1-2H3,(H,22,25)/t13-/m0/s1. The summed E-state index contributed by atoms with van der Waals surface area (Å²) in [4.78, 5) is 24.4. The van der Waals surface area contributed by atoms with Crippen LogP contribution in [0, 0.1) is 6.92 Å². The molecule has 0 aliphatic rings. The number of rotatable bonds is 7. The maximum Gasteiger partial charge on any atom is 0.343 e. The van der Waals surface area contributed by atoms with Crippen molar-refractivity contribution in [1.29, 1.82) is 0 Å². The van der Waals surface area contributed by atoms with Crippen LogP contribution in [0.2, 0.25) is 5.15 Å². The SMILES string of the molecule is Cc1nn(Cc2ccccc2)c(Cl)c1C(=O)OCC(=O)N[C@@H](C)c1ccco1. The molecule has 1 N–H and O–H groups in total. The highest BCUT2D eigenvalue weighted by Gasteiger charge is 2.23. The van der Waals surface area contributed by atoms with Crippen molar-refractivity contribution in [2.45, 2.75) is 26.4 Å². The predicted octanol–water partition coefficient (Wildman–Crippen LogP) is 3.52. The number of benzene rings is 1. The number of carbonyl (C=O) groups excluding carboxylic acids is 2. The summed E-state index contributed by atoms with van der Waals surface area (Å²) >= 11 is 6.33. The first-order chi connectivity index (χ1) is 13.5. The molecule has 146 valence electrons. The van der Waals surface area contributed by atoms with Crippen LogP contribution in [0.1, 0.15) is 40.3 Å². The second-order valence-corrected chi connectivity index (χ2v) is 6.63. The van der Waals surface area contributed by atoms with Crippen molar-refractivity contribution in [2.75, 3.05) is 6.61 Å². The van der Waals surface area contributed by atoms with E-state index in [0.29, 0.717) is 18.0 Å². The van der Waals surface area contributed by atoms with Gasteiger partial charge in [0, 0.05) is 0 Å². The number of carbonyl (C=O) groups is 2. The van der Waals surface area contributed by atoms with E-state index in [4.69, 9.17) is 20.8 Å². The van der Waals surface area contributed by atoms with Gasteiger partial charge in [-0.1, -0.05) is 41.9 Å². The van der Waals surface area contributed by atoms with Crippen molar-refractivity contribution in [1.82, 2.24) is 15.1 Å². The monoisotopic (exact) mass is 401 g/mol. The molecule has 28 heavy (non-hydrogen) atoms. The summed E-state index contributed by atoms with van der Waals surface area (Å²) in [5.74, 6) is -0.522. The molecule has 0 saturated heterocycles. The number of amides is 1. The molecule has 0 aliphatic heterocycles. The number of hydrogen-bond acceptors (Lipinski definition) is 5. The molecule has 1 aromatic carbocycles. The molecule has 1 amide bonds. The lowest BCUT2D eigenvalue weighted by Gasteiger charge is -2.11. The third-order valence-corrected chi connectivity index (χ3v) is 4.51. The van der Waals surface area contributed by atoms with Gasteiger partial charge in [-0.25, -0.2) is 9.48 Å². The summed E-state index contributed by atoms with van der Waals surface area (Å²) in [6.45, 7) is 3.44. The van der Waals surface area contributed by atoms with Crippen LogP contribution in [0.25, 0.3) is 0 Å². The topological polar surface area (TPSA) is 86.4 Å². The van der Waals surface area contributed by atoms with Crippen LogP contribution in [-0.2, 0) is 16.1 Å². The fourth-order valence-electron chi connectivity index (χ4n) is 2.74. The van der Waals surface area contributed by atoms with Gasteiger partial charge in [0.1, 0.15) is 16.5 Å². The molecule has 1 atom stereocenters. The summed E-state index contributed by atoms with van der Waals surface area (Å²) in [6.07, 6.45) is 1.52. The average molecular weight is 402 g/mol. The molecule has 7 nitrogen and oxygen atoms in total. The molecule has 8 heteroatoms. The minimum absolute atomic E-state index is 0.157. The molecule has 0 aliphatic carbocycles. The van der Waals surface area contributed by atoms with Crippen LogP contribution in [0.3, 0.4) is 0 Å². The number of halogens is 1. The molecule has 0 spiro atoms.